The molecule has 0 bridgehead atoms. The molecule has 7 heteroatoms. The maximum Gasteiger partial charge on any atom is 0.183 e. The third-order valence-electron chi connectivity index (χ3n) is 5.79. The summed E-state index contributed by atoms with van der Waals surface area (Å²) in [5, 5.41) is 22.7. The number of halogens is 1. The highest BCUT2D eigenvalue weighted by molar-refractivity contribution is 5.94. The van der Waals surface area contributed by atoms with Crippen molar-refractivity contribution in [3.63, 3.8) is 0 Å². The monoisotopic (exact) mass is 392 g/mol. The summed E-state index contributed by atoms with van der Waals surface area (Å²) >= 11 is 0. The number of hydrogen-bond donors (Lipinski definition) is 2. The second-order valence-corrected chi connectivity index (χ2v) is 7.63. The Kier molecular flexibility index (Phi) is 4.39. The molecule has 3 aromatic rings. The summed E-state index contributed by atoms with van der Waals surface area (Å²) in [6.07, 6.45) is 3.82. The predicted octanol–water partition coefficient (Wildman–Crippen LogP) is 4.93. The summed E-state index contributed by atoms with van der Waals surface area (Å²) in [5.74, 6) is 0.866. The van der Waals surface area contributed by atoms with Gasteiger partial charge < -0.3 is 14.8 Å². The third kappa shape index (κ3) is 3.11. The highest BCUT2D eigenvalue weighted by atomic mass is 19.1. The number of aromatic hydroxyl groups is 1. The van der Waals surface area contributed by atoms with E-state index in [9.17, 15) is 9.50 Å². The molecular formula is C22H21FN4O2. The molecule has 2 N–H and O–H groups in total. The average molecular weight is 392 g/mol. The van der Waals surface area contributed by atoms with Gasteiger partial charge in [0.25, 0.3) is 0 Å². The number of pyridine rings is 1. The fourth-order valence-corrected chi connectivity index (χ4v) is 4.10. The fourth-order valence-electron chi connectivity index (χ4n) is 4.10. The Morgan fingerprint density at radius 2 is 2.21 bits per heavy atom. The van der Waals surface area contributed by atoms with Gasteiger partial charge in [-0.05, 0) is 61.6 Å². The molecule has 5 rings (SSSR count). The van der Waals surface area contributed by atoms with Crippen LogP contribution in [0.5, 0.6) is 5.75 Å². The Morgan fingerprint density at radius 1 is 1.31 bits per heavy atom. The second-order valence-electron chi connectivity index (χ2n) is 7.63. The normalized spacial score (nSPS) is 22.5. The minimum Gasteiger partial charge on any atom is -0.504 e. The highest BCUT2D eigenvalue weighted by Gasteiger charge is 2.27. The number of hydrogen-bond acceptors (Lipinski definition) is 6. The number of piperidine rings is 1. The fraction of sp³-hybridized carbons (Fsp3) is 0.318. The lowest BCUT2D eigenvalue weighted by Crippen LogP contribution is -2.39. The van der Waals surface area contributed by atoms with Crippen molar-refractivity contribution in [3.8, 4) is 5.75 Å². The van der Waals surface area contributed by atoms with Crippen molar-refractivity contribution in [2.75, 3.05) is 13.1 Å². The highest BCUT2D eigenvalue weighted by Crippen LogP contribution is 2.41. The van der Waals surface area contributed by atoms with Gasteiger partial charge in [0.1, 0.15) is 17.5 Å². The predicted molar refractivity (Wildman–Crippen MR) is 109 cm³/mol. The number of furan rings is 1. The van der Waals surface area contributed by atoms with E-state index < -0.39 is 6.17 Å². The number of benzene rings is 1. The number of rotatable bonds is 3. The van der Waals surface area contributed by atoms with Crippen LogP contribution in [0.3, 0.4) is 0 Å². The molecule has 2 aliphatic heterocycles. The Labute approximate surface area is 167 Å². The van der Waals surface area contributed by atoms with Crippen molar-refractivity contribution in [2.24, 2.45) is 16.1 Å². The van der Waals surface area contributed by atoms with Crippen molar-refractivity contribution in [1.29, 1.82) is 0 Å². The molecule has 2 aromatic heterocycles. The molecule has 1 fully saturated rings. The van der Waals surface area contributed by atoms with Gasteiger partial charge in [-0.15, -0.1) is 10.2 Å². The van der Waals surface area contributed by atoms with Gasteiger partial charge in [0.15, 0.2) is 17.3 Å². The average Bonchev–Trinajstić information content (AvgIpc) is 3.28. The molecule has 6 nitrogen and oxygen atoms in total. The van der Waals surface area contributed by atoms with Crippen LogP contribution in [-0.4, -0.2) is 29.4 Å². The van der Waals surface area contributed by atoms with Crippen LogP contribution >= 0.6 is 0 Å². The lowest BCUT2D eigenvalue weighted by atomic mass is 9.87. The number of aromatic nitrogens is 1. The lowest BCUT2D eigenvalue weighted by molar-refractivity contribution is 0.179. The molecule has 2 atom stereocenters. The number of nitrogens with one attached hydrogen (secondary N) is 1. The van der Waals surface area contributed by atoms with Crippen LogP contribution in [0.15, 0.2) is 45.1 Å². The Balaban J connectivity index is 1.57. The molecule has 0 radical (unpaired) electrons. The van der Waals surface area contributed by atoms with Crippen molar-refractivity contribution in [1.82, 2.24) is 10.3 Å². The first kappa shape index (κ1) is 18.0. The lowest BCUT2D eigenvalue weighted by Gasteiger charge is -2.27. The molecule has 29 heavy (non-hydrogen) atoms. The molecule has 0 amide bonds. The quantitative estimate of drug-likeness (QED) is 0.662. The molecule has 1 unspecified atom stereocenters. The number of nitrogens with zero attached hydrogens (tertiary/aromatic N) is 3. The van der Waals surface area contributed by atoms with Crippen LogP contribution in [0.2, 0.25) is 0 Å². The van der Waals surface area contributed by atoms with E-state index in [1.807, 2.05) is 31.2 Å². The summed E-state index contributed by atoms with van der Waals surface area (Å²) in [4.78, 5) is 4.18. The SMILES string of the molecule is Cc1ccc2c(O)c(C=C3N=Nc4ncccc43)oc2c1CC1CCNC[C@@H]1F. The summed E-state index contributed by atoms with van der Waals surface area (Å²) < 4.78 is 20.5. The second kappa shape index (κ2) is 7.08. The molecule has 0 spiro atoms. The third-order valence-corrected chi connectivity index (χ3v) is 5.79. The largest absolute Gasteiger partial charge is 0.504 e. The van der Waals surface area contributed by atoms with E-state index >= 15 is 0 Å². The van der Waals surface area contributed by atoms with Crippen LogP contribution in [0.4, 0.5) is 10.2 Å². The van der Waals surface area contributed by atoms with Gasteiger partial charge in [0.2, 0.25) is 0 Å². The first-order chi connectivity index (χ1) is 14.1. The summed E-state index contributed by atoms with van der Waals surface area (Å²) in [6, 6.07) is 7.49. The van der Waals surface area contributed by atoms with Gasteiger partial charge >= 0.3 is 0 Å². The first-order valence-electron chi connectivity index (χ1n) is 9.79. The number of fused-ring (bicyclic) bond motifs is 2. The number of azo groups is 1. The summed E-state index contributed by atoms with van der Waals surface area (Å²) in [7, 11) is 0. The zero-order valence-corrected chi connectivity index (χ0v) is 16.0. The van der Waals surface area contributed by atoms with Gasteiger partial charge in [-0.25, -0.2) is 9.37 Å². The Bertz CT molecular complexity index is 1150. The van der Waals surface area contributed by atoms with Crippen molar-refractivity contribution < 1.29 is 13.9 Å². The molecule has 1 aromatic carbocycles. The minimum atomic E-state index is -0.883. The van der Waals surface area contributed by atoms with Crippen molar-refractivity contribution >= 4 is 28.6 Å². The van der Waals surface area contributed by atoms with Crippen LogP contribution in [0.1, 0.15) is 28.9 Å². The molecule has 4 heterocycles. The zero-order chi connectivity index (χ0) is 20.0. The van der Waals surface area contributed by atoms with E-state index in [1.165, 1.54) is 0 Å². The van der Waals surface area contributed by atoms with Gasteiger partial charge in [-0.3, -0.25) is 0 Å². The summed E-state index contributed by atoms with van der Waals surface area (Å²) in [6.45, 7) is 3.20. The van der Waals surface area contributed by atoms with Crippen LogP contribution in [0, 0.1) is 12.8 Å². The smallest absolute Gasteiger partial charge is 0.183 e. The topological polar surface area (TPSA) is 83.0 Å². The van der Waals surface area contributed by atoms with Crippen LogP contribution in [-0.2, 0) is 6.42 Å². The Hall–Kier alpha value is -3.06. The van der Waals surface area contributed by atoms with E-state index in [0.717, 1.165) is 29.7 Å². The summed E-state index contributed by atoms with van der Waals surface area (Å²) in [5.41, 5.74) is 3.97. The van der Waals surface area contributed by atoms with Gasteiger partial charge in [0, 0.05) is 24.4 Å². The maximum atomic E-state index is 14.4. The number of aryl methyl sites for hydroxylation is 1. The van der Waals surface area contributed by atoms with Gasteiger partial charge in [-0.1, -0.05) is 6.07 Å². The van der Waals surface area contributed by atoms with E-state index in [-0.39, 0.29) is 11.7 Å². The van der Waals surface area contributed by atoms with Crippen molar-refractivity contribution in [3.05, 3.63) is 52.9 Å². The molecule has 2 aliphatic rings. The van der Waals surface area contributed by atoms with Crippen molar-refractivity contribution in [2.45, 2.75) is 25.9 Å². The van der Waals surface area contributed by atoms with Gasteiger partial charge in [-0.2, -0.15) is 0 Å². The maximum absolute atomic E-state index is 14.4. The molecule has 148 valence electrons. The van der Waals surface area contributed by atoms with E-state index in [1.54, 1.807) is 12.3 Å². The molecule has 1 saturated heterocycles. The van der Waals surface area contributed by atoms with Gasteiger partial charge in [0.05, 0.1) is 5.39 Å². The van der Waals surface area contributed by atoms with E-state index in [0.29, 0.717) is 41.2 Å². The van der Waals surface area contributed by atoms with E-state index in [4.69, 9.17) is 4.42 Å². The van der Waals surface area contributed by atoms with Crippen LogP contribution in [0.25, 0.3) is 22.7 Å². The standard InChI is InChI=1S/C22H21FN4O2/c1-12-4-5-15-20(28)19(10-18-14-3-2-7-25-22(14)27-26-18)29-21(15)16(12)9-13-6-8-24-11-17(13)23/h2-5,7,10,13,17,24,28H,6,8-9,11H2,1H3/t13?,17-/m0/s1. The van der Waals surface area contributed by atoms with E-state index in [2.05, 4.69) is 20.5 Å². The molecule has 0 aliphatic carbocycles. The number of alkyl halides is 1. The molecule has 0 saturated carbocycles. The molecular weight excluding hydrogens is 371 g/mol. The first-order valence-corrected chi connectivity index (χ1v) is 9.79. The zero-order valence-electron chi connectivity index (χ0n) is 16.0. The van der Waals surface area contributed by atoms with Crippen LogP contribution < -0.4 is 5.32 Å². The Morgan fingerprint density at radius 3 is 3.07 bits per heavy atom. The minimum absolute atomic E-state index is 0.0587.